The lowest BCUT2D eigenvalue weighted by Crippen LogP contribution is -1.99. The molecule has 0 aliphatic rings. The Kier molecular flexibility index (Phi) is 3.24. The first-order valence-corrected chi connectivity index (χ1v) is 4.71. The number of hydrogen-bond donors (Lipinski definition) is 0. The summed E-state index contributed by atoms with van der Waals surface area (Å²) in [7, 11) is 0. The molecule has 0 amide bonds. The molecular formula is C12H17N. The van der Waals surface area contributed by atoms with Gasteiger partial charge in [-0.15, -0.1) is 0 Å². The number of rotatable bonds is 2. The molecule has 1 aromatic carbocycles. The van der Waals surface area contributed by atoms with Gasteiger partial charge in [-0.3, -0.25) is 4.99 Å². The molecule has 0 bridgehead atoms. The lowest BCUT2D eigenvalue weighted by atomic mass is 10.1. The van der Waals surface area contributed by atoms with Crippen LogP contribution >= 0.6 is 0 Å². The third kappa shape index (κ3) is 3.02. The largest absolute Gasteiger partial charge is 0.287 e. The fourth-order valence-electron chi connectivity index (χ4n) is 1.26. The van der Waals surface area contributed by atoms with Crippen molar-refractivity contribution in [3.05, 3.63) is 35.4 Å². The van der Waals surface area contributed by atoms with Crippen LogP contribution in [-0.2, 0) is 0 Å². The van der Waals surface area contributed by atoms with Crippen molar-refractivity contribution in [2.75, 3.05) is 0 Å². The maximum absolute atomic E-state index is 4.49. The second-order valence-corrected chi connectivity index (χ2v) is 3.67. The zero-order valence-electron chi connectivity index (χ0n) is 8.83. The van der Waals surface area contributed by atoms with Gasteiger partial charge in [0, 0.05) is 11.8 Å². The van der Waals surface area contributed by atoms with E-state index in [1.54, 1.807) is 0 Å². The lowest BCUT2D eigenvalue weighted by molar-refractivity contribution is 0.835. The van der Waals surface area contributed by atoms with Crippen LogP contribution in [0.5, 0.6) is 0 Å². The van der Waals surface area contributed by atoms with Crippen LogP contribution in [0.25, 0.3) is 0 Å². The van der Waals surface area contributed by atoms with E-state index < -0.39 is 0 Å². The first kappa shape index (κ1) is 9.97. The van der Waals surface area contributed by atoms with Crippen molar-refractivity contribution in [1.29, 1.82) is 0 Å². The predicted octanol–water partition coefficient (Wildman–Crippen LogP) is 3.21. The minimum absolute atomic E-state index is 0.376. The minimum atomic E-state index is 0.376. The summed E-state index contributed by atoms with van der Waals surface area (Å²) in [5.41, 5.74) is 3.63. The Balaban J connectivity index is 2.89. The SMILES string of the molecule is CC(=NC(C)C)c1ccc(C)cc1. The quantitative estimate of drug-likeness (QED) is 0.612. The smallest absolute Gasteiger partial charge is 0.0446 e. The normalized spacial score (nSPS) is 12.2. The molecular weight excluding hydrogens is 158 g/mol. The van der Waals surface area contributed by atoms with Crippen molar-refractivity contribution in [3.8, 4) is 0 Å². The van der Waals surface area contributed by atoms with Crippen molar-refractivity contribution in [2.45, 2.75) is 33.7 Å². The van der Waals surface area contributed by atoms with Crippen molar-refractivity contribution in [3.63, 3.8) is 0 Å². The highest BCUT2D eigenvalue weighted by Gasteiger charge is 1.97. The Hall–Kier alpha value is -1.11. The molecule has 13 heavy (non-hydrogen) atoms. The fraction of sp³-hybridized carbons (Fsp3) is 0.417. The molecule has 1 heteroatoms. The summed E-state index contributed by atoms with van der Waals surface area (Å²) in [6.45, 7) is 8.35. The minimum Gasteiger partial charge on any atom is -0.287 e. The van der Waals surface area contributed by atoms with Crippen LogP contribution in [0, 0.1) is 6.92 Å². The van der Waals surface area contributed by atoms with Crippen molar-refractivity contribution in [1.82, 2.24) is 0 Å². The van der Waals surface area contributed by atoms with Crippen LogP contribution in [0.1, 0.15) is 31.9 Å². The standard InChI is InChI=1S/C12H17N/c1-9(2)13-11(4)12-7-5-10(3)6-8-12/h5-9H,1-4H3. The van der Waals surface area contributed by atoms with Crippen LogP contribution < -0.4 is 0 Å². The highest BCUT2D eigenvalue weighted by molar-refractivity contribution is 5.98. The Labute approximate surface area is 80.5 Å². The maximum Gasteiger partial charge on any atom is 0.0446 e. The van der Waals surface area contributed by atoms with Crippen LogP contribution in [0.3, 0.4) is 0 Å². The topological polar surface area (TPSA) is 12.4 Å². The number of aliphatic imine (C=N–C) groups is 1. The summed E-state index contributed by atoms with van der Waals surface area (Å²) in [5.74, 6) is 0. The molecule has 0 radical (unpaired) electrons. The van der Waals surface area contributed by atoms with Gasteiger partial charge in [0.1, 0.15) is 0 Å². The highest BCUT2D eigenvalue weighted by Crippen LogP contribution is 2.05. The Morgan fingerprint density at radius 1 is 1.15 bits per heavy atom. The molecule has 1 rings (SSSR count). The van der Waals surface area contributed by atoms with E-state index in [0.29, 0.717) is 6.04 Å². The van der Waals surface area contributed by atoms with E-state index in [4.69, 9.17) is 0 Å². The van der Waals surface area contributed by atoms with Crippen molar-refractivity contribution < 1.29 is 0 Å². The molecule has 0 aliphatic carbocycles. The molecule has 0 fully saturated rings. The monoisotopic (exact) mass is 175 g/mol. The van der Waals surface area contributed by atoms with Gasteiger partial charge < -0.3 is 0 Å². The molecule has 1 nitrogen and oxygen atoms in total. The lowest BCUT2D eigenvalue weighted by Gasteiger charge is -2.03. The molecule has 0 aromatic heterocycles. The van der Waals surface area contributed by atoms with E-state index in [0.717, 1.165) is 5.71 Å². The predicted molar refractivity (Wildman–Crippen MR) is 58.5 cm³/mol. The fourth-order valence-corrected chi connectivity index (χ4v) is 1.26. The molecule has 0 N–H and O–H groups in total. The number of nitrogens with zero attached hydrogens (tertiary/aromatic N) is 1. The summed E-state index contributed by atoms with van der Waals surface area (Å²) in [4.78, 5) is 4.49. The van der Waals surface area contributed by atoms with E-state index in [1.165, 1.54) is 11.1 Å². The number of aryl methyl sites for hydroxylation is 1. The van der Waals surface area contributed by atoms with Crippen molar-refractivity contribution >= 4 is 5.71 Å². The average molecular weight is 175 g/mol. The first-order valence-electron chi connectivity index (χ1n) is 4.71. The van der Waals surface area contributed by atoms with Crippen LogP contribution in [-0.4, -0.2) is 11.8 Å². The molecule has 0 atom stereocenters. The maximum atomic E-state index is 4.49. The third-order valence-corrected chi connectivity index (χ3v) is 1.92. The Morgan fingerprint density at radius 2 is 1.69 bits per heavy atom. The second-order valence-electron chi connectivity index (χ2n) is 3.67. The molecule has 0 heterocycles. The van der Waals surface area contributed by atoms with Gasteiger partial charge in [0.05, 0.1) is 0 Å². The van der Waals surface area contributed by atoms with Crippen molar-refractivity contribution in [2.24, 2.45) is 4.99 Å². The molecule has 0 spiro atoms. The zero-order valence-corrected chi connectivity index (χ0v) is 8.83. The van der Waals surface area contributed by atoms with Gasteiger partial charge in [0.25, 0.3) is 0 Å². The molecule has 1 aromatic rings. The Bertz CT molecular complexity index is 293. The van der Waals surface area contributed by atoms with Gasteiger partial charge >= 0.3 is 0 Å². The zero-order chi connectivity index (χ0) is 9.84. The van der Waals surface area contributed by atoms with Crippen LogP contribution in [0.4, 0.5) is 0 Å². The number of hydrogen-bond acceptors (Lipinski definition) is 1. The first-order chi connectivity index (χ1) is 6.09. The van der Waals surface area contributed by atoms with Gasteiger partial charge in [-0.25, -0.2) is 0 Å². The van der Waals surface area contributed by atoms with Gasteiger partial charge in [0.15, 0.2) is 0 Å². The molecule has 0 aliphatic heterocycles. The van der Waals surface area contributed by atoms with E-state index in [9.17, 15) is 0 Å². The van der Waals surface area contributed by atoms with Crippen LogP contribution in [0.15, 0.2) is 29.3 Å². The summed E-state index contributed by atoms with van der Waals surface area (Å²) >= 11 is 0. The molecule has 0 saturated carbocycles. The molecule has 70 valence electrons. The highest BCUT2D eigenvalue weighted by atomic mass is 14.8. The molecule has 0 unspecified atom stereocenters. The summed E-state index contributed by atoms with van der Waals surface area (Å²) in [6.07, 6.45) is 0. The van der Waals surface area contributed by atoms with E-state index in [2.05, 4.69) is 57.0 Å². The van der Waals surface area contributed by atoms with Gasteiger partial charge in [-0.2, -0.15) is 0 Å². The van der Waals surface area contributed by atoms with Gasteiger partial charge in [0.2, 0.25) is 0 Å². The van der Waals surface area contributed by atoms with Crippen LogP contribution in [0.2, 0.25) is 0 Å². The Morgan fingerprint density at radius 3 is 2.15 bits per heavy atom. The van der Waals surface area contributed by atoms with Gasteiger partial charge in [-0.1, -0.05) is 29.8 Å². The van der Waals surface area contributed by atoms with E-state index in [1.807, 2.05) is 0 Å². The van der Waals surface area contributed by atoms with E-state index in [-0.39, 0.29) is 0 Å². The van der Waals surface area contributed by atoms with E-state index >= 15 is 0 Å². The van der Waals surface area contributed by atoms with Gasteiger partial charge in [-0.05, 0) is 33.3 Å². The molecule has 0 saturated heterocycles. The summed E-state index contributed by atoms with van der Waals surface area (Å²) in [6, 6.07) is 8.86. The second kappa shape index (κ2) is 4.22. The average Bonchev–Trinajstić information content (AvgIpc) is 2.04. The summed E-state index contributed by atoms with van der Waals surface area (Å²) < 4.78 is 0. The summed E-state index contributed by atoms with van der Waals surface area (Å²) in [5, 5.41) is 0. The number of benzene rings is 1. The third-order valence-electron chi connectivity index (χ3n) is 1.92.